The van der Waals surface area contributed by atoms with E-state index in [4.69, 9.17) is 11.5 Å². The SMILES string of the molecule is Nc1n(CCCCCCCCCCCCn2c(N)[n+](Cc3ccccc3)c3ccccc32)c2ccccc2[n+]1Cc1ccccc1. The van der Waals surface area contributed by atoms with Crippen LogP contribution in [0.25, 0.3) is 22.1 Å². The molecule has 0 aliphatic carbocycles. The van der Waals surface area contributed by atoms with Gasteiger partial charge in [0.15, 0.2) is 0 Å². The van der Waals surface area contributed by atoms with Gasteiger partial charge in [-0.1, -0.05) is 136 Å². The first-order chi connectivity index (χ1) is 22.7. The maximum atomic E-state index is 6.71. The van der Waals surface area contributed by atoms with Crippen LogP contribution in [0, 0.1) is 0 Å². The fourth-order valence-electron chi connectivity index (χ4n) is 6.91. The van der Waals surface area contributed by atoms with E-state index >= 15 is 0 Å². The van der Waals surface area contributed by atoms with Crippen LogP contribution in [0.3, 0.4) is 0 Å². The molecule has 0 aliphatic heterocycles. The van der Waals surface area contributed by atoms with Crippen LogP contribution in [-0.4, -0.2) is 9.13 Å². The molecule has 6 aromatic rings. The summed E-state index contributed by atoms with van der Waals surface area (Å²) in [6.45, 7) is 3.54. The fraction of sp³-hybridized carbons (Fsp3) is 0.350. The molecule has 0 spiro atoms. The van der Waals surface area contributed by atoms with Crippen molar-refractivity contribution in [2.75, 3.05) is 11.5 Å². The number of aryl methyl sites for hydroxylation is 2. The van der Waals surface area contributed by atoms with Crippen LogP contribution in [0.2, 0.25) is 0 Å². The third-order valence-corrected chi connectivity index (χ3v) is 9.41. The fourth-order valence-corrected chi connectivity index (χ4v) is 6.91. The summed E-state index contributed by atoms with van der Waals surface area (Å²) < 4.78 is 9.13. The van der Waals surface area contributed by atoms with Crippen LogP contribution in [-0.2, 0) is 26.2 Å². The molecule has 2 heterocycles. The Balaban J connectivity index is 0.884. The summed E-state index contributed by atoms with van der Waals surface area (Å²) in [6.07, 6.45) is 12.7. The first-order valence-electron chi connectivity index (χ1n) is 17.3. The zero-order valence-corrected chi connectivity index (χ0v) is 27.2. The van der Waals surface area contributed by atoms with E-state index in [1.54, 1.807) is 0 Å². The van der Waals surface area contributed by atoms with Gasteiger partial charge in [0.25, 0.3) is 0 Å². The number of nitrogens with zero attached hydrogens (tertiary/aromatic N) is 4. The minimum absolute atomic E-state index is 0.798. The summed E-state index contributed by atoms with van der Waals surface area (Å²) in [5.41, 5.74) is 20.8. The van der Waals surface area contributed by atoms with Gasteiger partial charge in [0.2, 0.25) is 0 Å². The molecule has 0 amide bonds. The van der Waals surface area contributed by atoms with E-state index in [0.717, 1.165) is 50.9 Å². The summed E-state index contributed by atoms with van der Waals surface area (Å²) in [7, 11) is 0. The van der Waals surface area contributed by atoms with Crippen LogP contribution < -0.4 is 20.6 Å². The van der Waals surface area contributed by atoms with E-state index in [1.165, 1.54) is 84.6 Å². The smallest absolute Gasteiger partial charge is 0.290 e. The lowest BCUT2D eigenvalue weighted by Gasteiger charge is -2.05. The number of aromatic nitrogens is 4. The van der Waals surface area contributed by atoms with Crippen molar-refractivity contribution in [3.05, 3.63) is 120 Å². The third-order valence-electron chi connectivity index (χ3n) is 9.41. The van der Waals surface area contributed by atoms with Crippen molar-refractivity contribution in [2.24, 2.45) is 0 Å². The first-order valence-corrected chi connectivity index (χ1v) is 17.3. The average molecular weight is 615 g/mol. The minimum Gasteiger partial charge on any atom is -0.290 e. The Morgan fingerprint density at radius 3 is 1.11 bits per heavy atom. The molecule has 0 aliphatic rings. The predicted molar refractivity (Wildman–Crippen MR) is 190 cm³/mol. The third kappa shape index (κ3) is 7.44. The zero-order valence-electron chi connectivity index (χ0n) is 27.2. The van der Waals surface area contributed by atoms with Crippen molar-refractivity contribution >= 4 is 34.0 Å². The number of nitrogens with two attached hydrogens (primary N) is 2. The number of fused-ring (bicyclic) bond motifs is 2. The molecule has 0 atom stereocenters. The highest BCUT2D eigenvalue weighted by atomic mass is 15.2. The van der Waals surface area contributed by atoms with Crippen molar-refractivity contribution in [3.8, 4) is 0 Å². The first kappa shape index (κ1) is 31.4. The monoisotopic (exact) mass is 614 g/mol. The van der Waals surface area contributed by atoms with Gasteiger partial charge in [-0.25, -0.2) is 18.3 Å². The molecule has 0 saturated carbocycles. The average Bonchev–Trinajstić information content (AvgIpc) is 3.51. The van der Waals surface area contributed by atoms with Crippen LogP contribution >= 0.6 is 0 Å². The van der Waals surface area contributed by atoms with Gasteiger partial charge < -0.3 is 0 Å². The molecule has 6 rings (SSSR count). The standard InChI is InChI=1S/C40H48N6/c41-39-43(35-25-15-17-27-37(35)45(39)31-33-21-11-9-12-22-33)29-19-7-5-3-1-2-4-6-8-20-30-44-36-26-16-18-28-38(36)46(40(44)42)32-34-23-13-10-14-24-34/h9-18,21-28,41-42H,1-8,19-20,29-32H2/p+2. The van der Waals surface area contributed by atoms with Gasteiger partial charge in [0, 0.05) is 0 Å². The van der Waals surface area contributed by atoms with E-state index < -0.39 is 0 Å². The highest BCUT2D eigenvalue weighted by molar-refractivity contribution is 5.74. The normalized spacial score (nSPS) is 11.6. The molecule has 2 aromatic heterocycles. The second-order valence-electron chi connectivity index (χ2n) is 12.7. The lowest BCUT2D eigenvalue weighted by molar-refractivity contribution is -0.648. The Morgan fingerprint density at radius 2 is 0.717 bits per heavy atom. The lowest BCUT2D eigenvalue weighted by Crippen LogP contribution is -2.37. The van der Waals surface area contributed by atoms with Crippen molar-refractivity contribution < 1.29 is 9.13 Å². The Labute approximate surface area is 273 Å². The second-order valence-corrected chi connectivity index (χ2v) is 12.7. The molecule has 6 nitrogen and oxygen atoms in total. The van der Waals surface area contributed by atoms with Crippen LogP contribution in [0.15, 0.2) is 109 Å². The molecule has 0 saturated heterocycles. The van der Waals surface area contributed by atoms with Crippen LogP contribution in [0.1, 0.15) is 75.3 Å². The van der Waals surface area contributed by atoms with E-state index in [9.17, 15) is 0 Å². The maximum Gasteiger partial charge on any atom is 0.356 e. The molecule has 0 unspecified atom stereocenters. The Kier molecular flexibility index (Phi) is 10.7. The van der Waals surface area contributed by atoms with Crippen molar-refractivity contribution in [3.63, 3.8) is 0 Å². The molecule has 6 heteroatoms. The van der Waals surface area contributed by atoms with E-state index in [2.05, 4.69) is 127 Å². The summed E-state index contributed by atoms with van der Waals surface area (Å²) in [5.74, 6) is 1.70. The predicted octanol–water partition coefficient (Wildman–Crippen LogP) is 8.03. The molecule has 0 fully saturated rings. The Bertz CT molecular complexity index is 1680. The molecular weight excluding hydrogens is 564 g/mol. The number of benzene rings is 4. The molecule has 238 valence electrons. The summed E-state index contributed by atoms with van der Waals surface area (Å²) in [5, 5.41) is 0. The molecule has 4 aromatic carbocycles. The Morgan fingerprint density at radius 1 is 0.391 bits per heavy atom. The Hall–Kier alpha value is -4.58. The van der Waals surface area contributed by atoms with Crippen LogP contribution in [0.5, 0.6) is 0 Å². The van der Waals surface area contributed by atoms with Crippen molar-refractivity contribution in [1.82, 2.24) is 9.13 Å². The number of hydrogen-bond acceptors (Lipinski definition) is 2. The largest absolute Gasteiger partial charge is 0.356 e. The van der Waals surface area contributed by atoms with E-state index in [0.29, 0.717) is 0 Å². The highest BCUT2D eigenvalue weighted by Crippen LogP contribution is 2.21. The number of imidazole rings is 2. The van der Waals surface area contributed by atoms with E-state index in [-0.39, 0.29) is 0 Å². The van der Waals surface area contributed by atoms with Crippen molar-refractivity contribution in [2.45, 2.75) is 90.4 Å². The maximum absolute atomic E-state index is 6.71. The molecular formula is C40H50N6+2. The summed E-state index contributed by atoms with van der Waals surface area (Å²) >= 11 is 0. The molecule has 46 heavy (non-hydrogen) atoms. The quantitative estimate of drug-likeness (QED) is 0.0807. The molecule has 0 radical (unpaired) electrons. The lowest BCUT2D eigenvalue weighted by atomic mass is 10.1. The molecule has 0 bridgehead atoms. The minimum atomic E-state index is 0.798. The summed E-state index contributed by atoms with van der Waals surface area (Å²) in [4.78, 5) is 0. The van der Waals surface area contributed by atoms with Gasteiger partial charge in [0.05, 0.1) is 26.2 Å². The molecule has 4 N–H and O–H groups in total. The number of anilines is 2. The van der Waals surface area contributed by atoms with Gasteiger partial charge in [0.1, 0.15) is 22.1 Å². The van der Waals surface area contributed by atoms with Crippen LogP contribution in [0.4, 0.5) is 11.9 Å². The number of para-hydroxylation sites is 4. The number of rotatable bonds is 17. The second kappa shape index (κ2) is 15.6. The van der Waals surface area contributed by atoms with E-state index in [1.807, 2.05) is 0 Å². The number of unbranched alkanes of at least 4 members (excludes halogenated alkanes) is 9. The van der Waals surface area contributed by atoms with Crippen molar-refractivity contribution in [1.29, 1.82) is 0 Å². The summed E-state index contributed by atoms with van der Waals surface area (Å²) in [6, 6.07) is 38.4. The van der Waals surface area contributed by atoms with Gasteiger partial charge in [-0.05, 0) is 48.2 Å². The topological polar surface area (TPSA) is 69.7 Å². The zero-order chi connectivity index (χ0) is 31.6. The number of hydrogen-bond donors (Lipinski definition) is 2. The van der Waals surface area contributed by atoms with Gasteiger partial charge in [-0.3, -0.25) is 11.5 Å². The van der Waals surface area contributed by atoms with Gasteiger partial charge in [-0.2, -0.15) is 0 Å². The van der Waals surface area contributed by atoms with Gasteiger partial charge in [-0.15, -0.1) is 0 Å². The number of nitrogen functional groups attached to an aromatic ring is 2. The van der Waals surface area contributed by atoms with Gasteiger partial charge >= 0.3 is 11.9 Å². The highest BCUT2D eigenvalue weighted by Gasteiger charge is 2.21.